The molecule has 0 fully saturated rings. The van der Waals surface area contributed by atoms with Crippen molar-refractivity contribution < 1.29 is 23.3 Å². The molecule has 0 aliphatic carbocycles. The van der Waals surface area contributed by atoms with Gasteiger partial charge in [-0.05, 0) is 24.3 Å². The third kappa shape index (κ3) is 5.66. The van der Waals surface area contributed by atoms with Crippen LogP contribution in [0, 0.1) is 11.6 Å². The van der Waals surface area contributed by atoms with Gasteiger partial charge in [-0.3, -0.25) is 9.59 Å². The number of nitrogens with one attached hydrogen (secondary N) is 3. The van der Waals surface area contributed by atoms with Crippen LogP contribution in [0.15, 0.2) is 36.4 Å². The summed E-state index contributed by atoms with van der Waals surface area (Å²) in [5.74, 6) is -2.88. The summed E-state index contributed by atoms with van der Waals surface area (Å²) in [5, 5.41) is 5.65. The molecule has 2 aromatic rings. The van der Waals surface area contributed by atoms with Gasteiger partial charge in [0.15, 0.2) is 24.7 Å². The molecule has 0 bridgehead atoms. The predicted octanol–water partition coefficient (Wildman–Crippen LogP) is 2.36. The van der Waals surface area contributed by atoms with Gasteiger partial charge in [-0.2, -0.15) is 0 Å². The first-order chi connectivity index (χ1) is 12.3. The van der Waals surface area contributed by atoms with Crippen molar-refractivity contribution in [2.45, 2.75) is 0 Å². The zero-order valence-corrected chi connectivity index (χ0v) is 15.2. The van der Waals surface area contributed by atoms with Gasteiger partial charge in [0.1, 0.15) is 0 Å². The first-order valence-electron chi connectivity index (χ1n) is 7.56. The van der Waals surface area contributed by atoms with Crippen LogP contribution < -0.4 is 15.5 Å². The van der Waals surface area contributed by atoms with E-state index >= 15 is 0 Å². The molecule has 0 heterocycles. The number of likely N-dealkylation sites (N-methyl/N-ethyl adjacent to an activating group) is 1. The van der Waals surface area contributed by atoms with E-state index in [1.807, 2.05) is 0 Å². The molecule has 0 radical (unpaired) electrons. The highest BCUT2D eigenvalue weighted by molar-refractivity contribution is 6.39. The van der Waals surface area contributed by atoms with Crippen LogP contribution in [0.2, 0.25) is 10.0 Å². The number of carbonyl (C=O) groups excluding carboxylic acids is 2. The number of benzene rings is 2. The third-order valence-electron chi connectivity index (χ3n) is 3.36. The molecule has 0 saturated heterocycles. The Labute approximate surface area is 158 Å². The lowest BCUT2D eigenvalue weighted by atomic mass is 10.3. The van der Waals surface area contributed by atoms with Crippen molar-refractivity contribution in [2.75, 3.05) is 30.8 Å². The Kier molecular flexibility index (Phi) is 6.90. The Hall–Kier alpha value is -2.22. The van der Waals surface area contributed by atoms with Gasteiger partial charge >= 0.3 is 0 Å². The Morgan fingerprint density at radius 2 is 1.54 bits per heavy atom. The number of para-hydroxylation sites is 1. The molecule has 1 atom stereocenters. The standard InChI is InChI=1S/C17H15Cl2F2N3O2/c1-24(8-15(25)22-10-5-6-13(20)14(21)7-10)9-16(26)23-17-11(18)3-2-4-12(17)19/h2-7H,8-9H2,1H3,(H,22,25)(H,23,26)/p+1. The molecule has 26 heavy (non-hydrogen) atoms. The number of rotatable bonds is 6. The highest BCUT2D eigenvalue weighted by atomic mass is 35.5. The second kappa shape index (κ2) is 8.93. The predicted molar refractivity (Wildman–Crippen MR) is 96.7 cm³/mol. The SMILES string of the molecule is C[NH+](CC(=O)Nc1ccc(F)c(F)c1)CC(=O)Nc1c(Cl)cccc1Cl. The lowest BCUT2D eigenvalue weighted by Gasteiger charge is -2.14. The topological polar surface area (TPSA) is 62.6 Å². The summed E-state index contributed by atoms with van der Waals surface area (Å²) >= 11 is 12.0. The number of carbonyl (C=O) groups is 2. The van der Waals surface area contributed by atoms with Gasteiger partial charge in [-0.25, -0.2) is 8.78 Å². The van der Waals surface area contributed by atoms with Crippen LogP contribution in [0.4, 0.5) is 20.2 Å². The maximum atomic E-state index is 13.1. The number of amides is 2. The van der Waals surface area contributed by atoms with E-state index in [4.69, 9.17) is 23.2 Å². The van der Waals surface area contributed by atoms with Gasteiger partial charge in [0, 0.05) is 11.8 Å². The summed E-state index contributed by atoms with van der Waals surface area (Å²) in [4.78, 5) is 24.6. The normalized spacial score (nSPS) is 11.7. The second-order valence-electron chi connectivity index (χ2n) is 5.63. The van der Waals surface area contributed by atoms with Crippen LogP contribution >= 0.6 is 23.2 Å². The van der Waals surface area contributed by atoms with Crippen molar-refractivity contribution in [1.29, 1.82) is 0 Å². The van der Waals surface area contributed by atoms with E-state index < -0.39 is 17.5 Å². The number of halogens is 4. The fourth-order valence-electron chi connectivity index (χ4n) is 2.19. The Morgan fingerprint density at radius 3 is 2.12 bits per heavy atom. The second-order valence-corrected chi connectivity index (χ2v) is 6.45. The van der Waals surface area contributed by atoms with Crippen molar-refractivity contribution in [3.05, 3.63) is 58.1 Å². The minimum absolute atomic E-state index is 0.0211. The summed E-state index contributed by atoms with van der Waals surface area (Å²) < 4.78 is 26.0. The third-order valence-corrected chi connectivity index (χ3v) is 3.99. The van der Waals surface area contributed by atoms with Crippen molar-refractivity contribution >= 4 is 46.4 Å². The van der Waals surface area contributed by atoms with E-state index in [-0.39, 0.29) is 24.7 Å². The molecule has 2 amide bonds. The van der Waals surface area contributed by atoms with E-state index in [0.29, 0.717) is 20.6 Å². The van der Waals surface area contributed by atoms with E-state index in [9.17, 15) is 18.4 Å². The van der Waals surface area contributed by atoms with Gasteiger partial charge < -0.3 is 15.5 Å². The van der Waals surface area contributed by atoms with Gasteiger partial charge in [-0.1, -0.05) is 29.3 Å². The minimum atomic E-state index is -1.06. The molecule has 9 heteroatoms. The highest BCUT2D eigenvalue weighted by Gasteiger charge is 2.17. The zero-order chi connectivity index (χ0) is 19.3. The lowest BCUT2D eigenvalue weighted by Crippen LogP contribution is -3.11. The summed E-state index contributed by atoms with van der Waals surface area (Å²) in [7, 11) is 1.64. The van der Waals surface area contributed by atoms with Crippen molar-refractivity contribution in [2.24, 2.45) is 0 Å². The number of hydrogen-bond donors (Lipinski definition) is 3. The molecule has 5 nitrogen and oxygen atoms in total. The lowest BCUT2D eigenvalue weighted by molar-refractivity contribution is -0.862. The molecular formula is C17H16Cl2F2N3O2+. The fraction of sp³-hybridized carbons (Fsp3) is 0.176. The molecule has 3 N–H and O–H groups in total. The smallest absolute Gasteiger partial charge is 0.279 e. The van der Waals surface area contributed by atoms with Crippen molar-refractivity contribution in [3.8, 4) is 0 Å². The summed E-state index contributed by atoms with van der Waals surface area (Å²) in [6, 6.07) is 7.89. The van der Waals surface area contributed by atoms with E-state index in [1.54, 1.807) is 25.2 Å². The Balaban J connectivity index is 1.87. The van der Waals surface area contributed by atoms with Crippen molar-refractivity contribution in [1.82, 2.24) is 0 Å². The zero-order valence-electron chi connectivity index (χ0n) is 13.7. The van der Waals surface area contributed by atoms with Crippen LogP contribution in [-0.2, 0) is 9.59 Å². The van der Waals surface area contributed by atoms with Gasteiger partial charge in [0.2, 0.25) is 0 Å². The van der Waals surface area contributed by atoms with Crippen LogP contribution in [0.1, 0.15) is 0 Å². The van der Waals surface area contributed by atoms with Crippen LogP contribution in [0.3, 0.4) is 0 Å². The molecule has 0 aromatic heterocycles. The molecule has 2 rings (SSSR count). The van der Waals surface area contributed by atoms with E-state index in [0.717, 1.165) is 12.1 Å². The summed E-state index contributed by atoms with van der Waals surface area (Å²) in [6.07, 6.45) is 0. The molecule has 138 valence electrons. The van der Waals surface area contributed by atoms with Gasteiger partial charge in [0.05, 0.1) is 22.8 Å². The largest absolute Gasteiger partial charge is 0.322 e. The van der Waals surface area contributed by atoms with Crippen LogP contribution in [-0.4, -0.2) is 32.0 Å². The average Bonchev–Trinajstić information content (AvgIpc) is 2.54. The number of anilines is 2. The van der Waals surface area contributed by atoms with Gasteiger partial charge in [0.25, 0.3) is 11.8 Å². The van der Waals surface area contributed by atoms with E-state index in [1.165, 1.54) is 6.07 Å². The van der Waals surface area contributed by atoms with Crippen molar-refractivity contribution in [3.63, 3.8) is 0 Å². The quantitative estimate of drug-likeness (QED) is 0.694. The maximum Gasteiger partial charge on any atom is 0.279 e. The number of quaternary nitrogens is 1. The molecule has 0 spiro atoms. The maximum absolute atomic E-state index is 13.1. The molecule has 1 unspecified atom stereocenters. The monoisotopic (exact) mass is 402 g/mol. The molecule has 0 aliphatic heterocycles. The van der Waals surface area contributed by atoms with Crippen LogP contribution in [0.25, 0.3) is 0 Å². The van der Waals surface area contributed by atoms with Crippen LogP contribution in [0.5, 0.6) is 0 Å². The summed E-state index contributed by atoms with van der Waals surface area (Å²) in [5.41, 5.74) is 0.439. The Morgan fingerprint density at radius 1 is 0.962 bits per heavy atom. The first-order valence-corrected chi connectivity index (χ1v) is 8.32. The molecule has 0 aliphatic rings. The first kappa shape index (κ1) is 20.1. The molecular weight excluding hydrogens is 387 g/mol. The number of hydrogen-bond acceptors (Lipinski definition) is 2. The average molecular weight is 403 g/mol. The fourth-order valence-corrected chi connectivity index (χ4v) is 2.68. The minimum Gasteiger partial charge on any atom is -0.322 e. The van der Waals surface area contributed by atoms with Gasteiger partial charge in [-0.15, -0.1) is 0 Å². The molecule has 2 aromatic carbocycles. The summed E-state index contributed by atoms with van der Waals surface area (Å²) in [6.45, 7) is -0.0740. The highest BCUT2D eigenvalue weighted by Crippen LogP contribution is 2.29. The Bertz CT molecular complexity index is 813. The van der Waals surface area contributed by atoms with E-state index in [2.05, 4.69) is 10.6 Å². The molecule has 0 saturated carbocycles.